The molecule has 2 amide bonds. The highest BCUT2D eigenvalue weighted by Gasteiger charge is 2.33. The molecule has 1 fully saturated rings. The monoisotopic (exact) mass is 442 g/mol. The second kappa shape index (κ2) is 9.54. The SMILES string of the molecule is CCC(=O)N1CCCCC1c1nnc2n1CCN(C(=O)c1ccc(OC)nc1OC)CC2. The molecule has 1 atom stereocenters. The fourth-order valence-electron chi connectivity index (χ4n) is 4.52. The third-order valence-corrected chi connectivity index (χ3v) is 6.23. The predicted molar refractivity (Wildman–Crippen MR) is 116 cm³/mol. The van der Waals surface area contributed by atoms with Gasteiger partial charge in [-0.1, -0.05) is 6.92 Å². The molecule has 10 heteroatoms. The van der Waals surface area contributed by atoms with Crippen molar-refractivity contribution in [3.05, 3.63) is 29.3 Å². The van der Waals surface area contributed by atoms with E-state index in [4.69, 9.17) is 9.47 Å². The van der Waals surface area contributed by atoms with Gasteiger partial charge in [0.25, 0.3) is 5.91 Å². The Morgan fingerprint density at radius 2 is 1.91 bits per heavy atom. The molecule has 1 unspecified atom stereocenters. The highest BCUT2D eigenvalue weighted by atomic mass is 16.5. The Balaban J connectivity index is 1.54. The molecule has 1 saturated heterocycles. The second-order valence-electron chi connectivity index (χ2n) is 8.03. The highest BCUT2D eigenvalue weighted by Crippen LogP contribution is 2.31. The lowest BCUT2D eigenvalue weighted by atomic mass is 10.0. The maximum atomic E-state index is 13.2. The molecule has 0 spiro atoms. The van der Waals surface area contributed by atoms with E-state index in [0.29, 0.717) is 43.9 Å². The lowest BCUT2D eigenvalue weighted by Crippen LogP contribution is -2.39. The van der Waals surface area contributed by atoms with Crippen molar-refractivity contribution in [1.29, 1.82) is 0 Å². The van der Waals surface area contributed by atoms with Crippen LogP contribution in [0.5, 0.6) is 11.8 Å². The smallest absolute Gasteiger partial charge is 0.259 e. The van der Waals surface area contributed by atoms with Crippen LogP contribution in [-0.4, -0.2) is 75.2 Å². The number of likely N-dealkylation sites (tertiary alicyclic amines) is 1. The maximum absolute atomic E-state index is 13.2. The van der Waals surface area contributed by atoms with E-state index in [1.165, 1.54) is 14.2 Å². The molecule has 0 N–H and O–H groups in total. The molecule has 10 nitrogen and oxygen atoms in total. The van der Waals surface area contributed by atoms with Crippen LogP contribution in [0.3, 0.4) is 0 Å². The molecule has 4 heterocycles. The van der Waals surface area contributed by atoms with Crippen LogP contribution in [0, 0.1) is 0 Å². The summed E-state index contributed by atoms with van der Waals surface area (Å²) in [7, 11) is 3.01. The molecule has 0 aromatic carbocycles. The molecule has 2 aromatic rings. The number of aromatic nitrogens is 4. The molecule has 2 aliphatic rings. The molecule has 2 aromatic heterocycles. The summed E-state index contributed by atoms with van der Waals surface area (Å²) in [6.07, 6.45) is 4.05. The lowest BCUT2D eigenvalue weighted by Gasteiger charge is -2.35. The number of amides is 2. The van der Waals surface area contributed by atoms with E-state index in [2.05, 4.69) is 19.7 Å². The summed E-state index contributed by atoms with van der Waals surface area (Å²) in [5, 5.41) is 8.89. The summed E-state index contributed by atoms with van der Waals surface area (Å²) in [5.41, 5.74) is 0.401. The Hall–Kier alpha value is -3.17. The van der Waals surface area contributed by atoms with Gasteiger partial charge >= 0.3 is 0 Å². The molecule has 0 saturated carbocycles. The van der Waals surface area contributed by atoms with Crippen LogP contribution in [0.1, 0.15) is 60.7 Å². The van der Waals surface area contributed by atoms with Crippen LogP contribution in [0.4, 0.5) is 0 Å². The topological polar surface area (TPSA) is 103 Å². The van der Waals surface area contributed by atoms with Gasteiger partial charge in [-0.25, -0.2) is 0 Å². The van der Waals surface area contributed by atoms with Crippen molar-refractivity contribution >= 4 is 11.8 Å². The zero-order chi connectivity index (χ0) is 22.7. The maximum Gasteiger partial charge on any atom is 0.259 e. The molecular formula is C22H30N6O4. The van der Waals surface area contributed by atoms with Crippen LogP contribution in [0.2, 0.25) is 0 Å². The number of hydrogen-bond donors (Lipinski definition) is 0. The number of ether oxygens (including phenoxy) is 2. The Morgan fingerprint density at radius 3 is 2.66 bits per heavy atom. The first kappa shape index (κ1) is 22.0. The zero-order valence-corrected chi connectivity index (χ0v) is 18.9. The molecule has 0 bridgehead atoms. The fraction of sp³-hybridized carbons (Fsp3) is 0.591. The summed E-state index contributed by atoms with van der Waals surface area (Å²) in [5.74, 6) is 2.33. The summed E-state index contributed by atoms with van der Waals surface area (Å²) < 4.78 is 12.5. The van der Waals surface area contributed by atoms with Crippen molar-refractivity contribution in [2.75, 3.05) is 33.9 Å². The number of carbonyl (C=O) groups is 2. The van der Waals surface area contributed by atoms with Gasteiger partial charge in [-0.15, -0.1) is 10.2 Å². The number of hydrogen-bond acceptors (Lipinski definition) is 7. The summed E-state index contributed by atoms with van der Waals surface area (Å²) in [4.78, 5) is 33.7. The minimum atomic E-state index is -0.141. The summed E-state index contributed by atoms with van der Waals surface area (Å²) in [6, 6.07) is 3.29. The van der Waals surface area contributed by atoms with Crippen molar-refractivity contribution in [1.82, 2.24) is 29.5 Å². The van der Waals surface area contributed by atoms with E-state index in [9.17, 15) is 9.59 Å². The third-order valence-electron chi connectivity index (χ3n) is 6.23. The molecule has 0 radical (unpaired) electrons. The summed E-state index contributed by atoms with van der Waals surface area (Å²) in [6.45, 7) is 4.27. The van der Waals surface area contributed by atoms with Gasteiger partial charge in [0.05, 0.1) is 20.3 Å². The second-order valence-corrected chi connectivity index (χ2v) is 8.03. The van der Waals surface area contributed by atoms with E-state index in [0.717, 1.165) is 37.5 Å². The Bertz CT molecular complexity index is 991. The van der Waals surface area contributed by atoms with Gasteiger partial charge in [-0.2, -0.15) is 4.98 Å². The van der Waals surface area contributed by atoms with Gasteiger partial charge in [-0.05, 0) is 25.3 Å². The van der Waals surface area contributed by atoms with Gasteiger partial charge in [0.2, 0.25) is 17.7 Å². The Labute approximate surface area is 187 Å². The number of piperidine rings is 1. The van der Waals surface area contributed by atoms with Gasteiger partial charge in [0.1, 0.15) is 11.4 Å². The fourth-order valence-corrected chi connectivity index (χ4v) is 4.52. The van der Waals surface area contributed by atoms with Crippen molar-refractivity contribution in [3.63, 3.8) is 0 Å². The van der Waals surface area contributed by atoms with Crippen LogP contribution >= 0.6 is 0 Å². The number of pyridine rings is 1. The van der Waals surface area contributed by atoms with E-state index in [-0.39, 0.29) is 23.7 Å². The van der Waals surface area contributed by atoms with Gasteiger partial charge in [0.15, 0.2) is 5.82 Å². The van der Waals surface area contributed by atoms with Crippen molar-refractivity contribution < 1.29 is 19.1 Å². The summed E-state index contributed by atoms with van der Waals surface area (Å²) >= 11 is 0. The third kappa shape index (κ3) is 4.13. The molecular weight excluding hydrogens is 412 g/mol. The first-order valence-electron chi connectivity index (χ1n) is 11.2. The lowest BCUT2D eigenvalue weighted by molar-refractivity contribution is -0.135. The highest BCUT2D eigenvalue weighted by molar-refractivity contribution is 5.96. The number of fused-ring (bicyclic) bond motifs is 1. The standard InChI is InChI=1S/C22H30N6O4/c1-4-19(29)27-11-6-5-7-16(27)20-25-24-17-10-12-26(13-14-28(17)20)22(30)15-8-9-18(31-2)23-21(15)32-3/h8-9,16H,4-7,10-14H2,1-3H3. The normalized spacial score (nSPS) is 18.7. The number of carbonyl (C=O) groups excluding carboxylic acids is 2. The number of methoxy groups -OCH3 is 2. The van der Waals surface area contributed by atoms with Crippen LogP contribution < -0.4 is 9.47 Å². The van der Waals surface area contributed by atoms with E-state index in [1.807, 2.05) is 11.8 Å². The molecule has 32 heavy (non-hydrogen) atoms. The Kier molecular flexibility index (Phi) is 6.57. The first-order valence-corrected chi connectivity index (χ1v) is 11.2. The zero-order valence-electron chi connectivity index (χ0n) is 18.9. The van der Waals surface area contributed by atoms with Crippen LogP contribution in [0.15, 0.2) is 12.1 Å². The largest absolute Gasteiger partial charge is 0.481 e. The van der Waals surface area contributed by atoms with E-state index in [1.54, 1.807) is 17.0 Å². The molecule has 2 aliphatic heterocycles. The molecule has 172 valence electrons. The minimum Gasteiger partial charge on any atom is -0.481 e. The van der Waals surface area contributed by atoms with Gasteiger partial charge in [-0.3, -0.25) is 9.59 Å². The van der Waals surface area contributed by atoms with Gasteiger partial charge in [0, 0.05) is 45.1 Å². The Morgan fingerprint density at radius 1 is 1.06 bits per heavy atom. The van der Waals surface area contributed by atoms with Crippen molar-refractivity contribution in [3.8, 4) is 11.8 Å². The predicted octanol–water partition coefficient (Wildman–Crippen LogP) is 1.85. The number of rotatable bonds is 5. The first-order chi connectivity index (χ1) is 15.6. The number of nitrogens with zero attached hydrogens (tertiary/aromatic N) is 6. The van der Waals surface area contributed by atoms with E-state index < -0.39 is 0 Å². The molecule has 4 rings (SSSR count). The van der Waals surface area contributed by atoms with E-state index >= 15 is 0 Å². The quantitative estimate of drug-likeness (QED) is 0.696. The minimum absolute atomic E-state index is 0.0504. The van der Waals surface area contributed by atoms with Gasteiger partial charge < -0.3 is 23.8 Å². The van der Waals surface area contributed by atoms with Crippen LogP contribution in [-0.2, 0) is 17.8 Å². The van der Waals surface area contributed by atoms with Crippen molar-refractivity contribution in [2.24, 2.45) is 0 Å². The van der Waals surface area contributed by atoms with Crippen molar-refractivity contribution in [2.45, 2.75) is 51.6 Å². The average molecular weight is 443 g/mol. The van der Waals surface area contributed by atoms with Crippen LogP contribution in [0.25, 0.3) is 0 Å². The molecule has 0 aliphatic carbocycles. The average Bonchev–Trinajstić information content (AvgIpc) is 3.13.